The van der Waals surface area contributed by atoms with Gasteiger partial charge in [0, 0.05) is 34.6 Å². The van der Waals surface area contributed by atoms with E-state index in [-0.39, 0.29) is 23.4 Å². The zero-order valence-corrected chi connectivity index (χ0v) is 13.7. The first-order valence-corrected chi connectivity index (χ1v) is 8.05. The smallest absolute Gasteiger partial charge is 0.254 e. The number of H-pyrrole nitrogens is 1. The van der Waals surface area contributed by atoms with Crippen molar-refractivity contribution in [1.82, 2.24) is 10.3 Å². The molecule has 2 heterocycles. The van der Waals surface area contributed by atoms with Crippen molar-refractivity contribution in [2.24, 2.45) is 0 Å². The topological polar surface area (TPSA) is 74.0 Å². The number of hydrogen-bond acceptors (Lipinski definition) is 3. The molecular weight excluding hydrogens is 345 g/mol. The van der Waals surface area contributed by atoms with Crippen LogP contribution in [0.3, 0.4) is 0 Å². The first-order valence-electron chi connectivity index (χ1n) is 7.68. The van der Waals surface area contributed by atoms with Gasteiger partial charge in [-0.05, 0) is 35.9 Å². The Kier molecular flexibility index (Phi) is 3.69. The number of fused-ring (bicyclic) bond motifs is 2. The molecule has 3 N–H and O–H groups in total. The van der Waals surface area contributed by atoms with Crippen LogP contribution in [0.5, 0.6) is 0 Å². The monoisotopic (exact) mass is 357 g/mol. The Morgan fingerprint density at radius 1 is 1.16 bits per heavy atom. The molecule has 4 rings (SSSR count). The lowest BCUT2D eigenvalue weighted by Crippen LogP contribution is -2.17. The van der Waals surface area contributed by atoms with Gasteiger partial charge in [0.25, 0.3) is 11.5 Å². The third-order valence-electron chi connectivity index (χ3n) is 4.25. The van der Waals surface area contributed by atoms with Gasteiger partial charge >= 0.3 is 0 Å². The molecule has 0 spiro atoms. The summed E-state index contributed by atoms with van der Waals surface area (Å²) in [5.74, 6) is -1.03. The molecule has 0 aliphatic carbocycles. The number of amides is 1. The lowest BCUT2D eigenvalue weighted by molar-refractivity contribution is 0.0962. The molecule has 0 bridgehead atoms. The van der Waals surface area contributed by atoms with E-state index >= 15 is 0 Å². The molecule has 0 saturated heterocycles. The maximum absolute atomic E-state index is 14.5. The Hall–Kier alpha value is -2.86. The molecule has 1 aliphatic rings. The van der Waals surface area contributed by atoms with Crippen LogP contribution >= 0.6 is 11.6 Å². The minimum absolute atomic E-state index is 0.0594. The van der Waals surface area contributed by atoms with Crippen molar-refractivity contribution < 1.29 is 9.18 Å². The molecule has 0 radical (unpaired) electrons. The summed E-state index contributed by atoms with van der Waals surface area (Å²) in [5.41, 5.74) is 1.73. The van der Waals surface area contributed by atoms with E-state index in [2.05, 4.69) is 15.6 Å². The van der Waals surface area contributed by atoms with E-state index in [0.717, 1.165) is 5.39 Å². The lowest BCUT2D eigenvalue weighted by Gasteiger charge is -2.10. The maximum Gasteiger partial charge on any atom is 0.254 e. The first-order chi connectivity index (χ1) is 12.0. The summed E-state index contributed by atoms with van der Waals surface area (Å²) >= 11 is 5.98. The van der Waals surface area contributed by atoms with Gasteiger partial charge in [0.2, 0.25) is 0 Å². The zero-order chi connectivity index (χ0) is 17.6. The molecule has 0 fully saturated rings. The van der Waals surface area contributed by atoms with Crippen LogP contribution in [-0.4, -0.2) is 10.9 Å². The second kappa shape index (κ2) is 5.89. The highest BCUT2D eigenvalue weighted by Gasteiger charge is 2.25. The van der Waals surface area contributed by atoms with Gasteiger partial charge in [0.1, 0.15) is 0 Å². The third-order valence-corrected chi connectivity index (χ3v) is 4.48. The Morgan fingerprint density at radius 2 is 2.00 bits per heavy atom. The summed E-state index contributed by atoms with van der Waals surface area (Å²) in [6, 6.07) is 10.2. The Morgan fingerprint density at radius 3 is 2.84 bits per heavy atom. The number of halogens is 2. The summed E-state index contributed by atoms with van der Waals surface area (Å²) in [5, 5.41) is 6.83. The molecule has 0 atom stereocenters. The SMILES string of the molecule is O=C1NCc2ccc(NCc3cc4cc(Cl)ccc4[nH]c3=O)c(F)c21. The number of pyridine rings is 1. The molecule has 0 saturated carbocycles. The largest absolute Gasteiger partial charge is 0.378 e. The van der Waals surface area contributed by atoms with E-state index < -0.39 is 11.7 Å². The molecule has 126 valence electrons. The van der Waals surface area contributed by atoms with E-state index in [1.807, 2.05) is 0 Å². The van der Waals surface area contributed by atoms with Crippen LogP contribution in [0.25, 0.3) is 10.9 Å². The van der Waals surface area contributed by atoms with Crippen molar-refractivity contribution in [2.45, 2.75) is 13.1 Å². The van der Waals surface area contributed by atoms with Gasteiger partial charge in [-0.2, -0.15) is 0 Å². The number of carbonyl (C=O) groups is 1. The zero-order valence-electron chi connectivity index (χ0n) is 13.0. The quantitative estimate of drug-likeness (QED) is 0.674. The minimum atomic E-state index is -0.604. The Balaban J connectivity index is 1.65. The third kappa shape index (κ3) is 2.74. The average molecular weight is 358 g/mol. The second-order valence-corrected chi connectivity index (χ2v) is 6.29. The summed E-state index contributed by atoms with van der Waals surface area (Å²) in [7, 11) is 0. The molecule has 2 aromatic carbocycles. The standard InChI is InChI=1S/C18H13ClFN3O2/c19-12-2-4-13-10(6-12)5-11(17(24)23-13)8-21-14-3-1-9-7-22-18(25)15(9)16(14)20/h1-6,21H,7-8H2,(H,22,25)(H,23,24). The van der Waals surface area contributed by atoms with Gasteiger partial charge in [0.15, 0.2) is 5.82 Å². The minimum Gasteiger partial charge on any atom is -0.378 e. The molecular formula is C18H13ClFN3O2. The van der Waals surface area contributed by atoms with Crippen LogP contribution in [0, 0.1) is 5.82 Å². The van der Waals surface area contributed by atoms with Crippen molar-refractivity contribution in [3.05, 3.63) is 74.3 Å². The van der Waals surface area contributed by atoms with Gasteiger partial charge in [-0.15, -0.1) is 0 Å². The highest BCUT2D eigenvalue weighted by atomic mass is 35.5. The molecule has 0 unspecified atom stereocenters. The van der Waals surface area contributed by atoms with E-state index in [0.29, 0.717) is 28.2 Å². The van der Waals surface area contributed by atoms with E-state index in [1.54, 1.807) is 36.4 Å². The number of aromatic nitrogens is 1. The number of rotatable bonds is 3. The van der Waals surface area contributed by atoms with Crippen LogP contribution in [0.15, 0.2) is 41.2 Å². The molecule has 1 aliphatic heterocycles. The van der Waals surface area contributed by atoms with Crippen molar-refractivity contribution in [1.29, 1.82) is 0 Å². The van der Waals surface area contributed by atoms with Crippen LogP contribution in [0.1, 0.15) is 21.5 Å². The summed E-state index contributed by atoms with van der Waals surface area (Å²) < 4.78 is 14.5. The van der Waals surface area contributed by atoms with Crippen LogP contribution in [0.4, 0.5) is 10.1 Å². The molecule has 1 aromatic heterocycles. The summed E-state index contributed by atoms with van der Waals surface area (Å²) in [6.45, 7) is 0.450. The fraction of sp³-hybridized carbons (Fsp3) is 0.111. The van der Waals surface area contributed by atoms with Crippen molar-refractivity contribution in [3.63, 3.8) is 0 Å². The van der Waals surface area contributed by atoms with E-state index in [4.69, 9.17) is 11.6 Å². The Bertz CT molecular complexity index is 1080. The van der Waals surface area contributed by atoms with Crippen LogP contribution < -0.4 is 16.2 Å². The van der Waals surface area contributed by atoms with Gasteiger partial charge < -0.3 is 15.6 Å². The molecule has 5 nitrogen and oxygen atoms in total. The van der Waals surface area contributed by atoms with Gasteiger partial charge in [-0.25, -0.2) is 4.39 Å². The predicted octanol–water partition coefficient (Wildman–Crippen LogP) is 3.18. The van der Waals surface area contributed by atoms with Crippen molar-refractivity contribution in [3.8, 4) is 0 Å². The fourth-order valence-corrected chi connectivity index (χ4v) is 3.13. The lowest BCUT2D eigenvalue weighted by atomic mass is 10.1. The number of hydrogen-bond donors (Lipinski definition) is 3. The van der Waals surface area contributed by atoms with Gasteiger partial charge in [0.05, 0.1) is 11.3 Å². The first kappa shape index (κ1) is 15.7. The summed E-state index contributed by atoms with van der Waals surface area (Å²) in [4.78, 5) is 26.6. The van der Waals surface area contributed by atoms with E-state index in [9.17, 15) is 14.0 Å². The number of nitrogens with one attached hydrogen (secondary N) is 3. The van der Waals surface area contributed by atoms with Crippen molar-refractivity contribution >= 4 is 34.1 Å². The molecule has 1 amide bonds. The number of anilines is 1. The summed E-state index contributed by atoms with van der Waals surface area (Å²) in [6.07, 6.45) is 0. The maximum atomic E-state index is 14.5. The fourth-order valence-electron chi connectivity index (χ4n) is 2.95. The highest BCUT2D eigenvalue weighted by Crippen LogP contribution is 2.26. The van der Waals surface area contributed by atoms with E-state index in [1.165, 1.54) is 0 Å². The Labute approximate surface area is 146 Å². The predicted molar refractivity (Wildman–Crippen MR) is 94.5 cm³/mol. The van der Waals surface area contributed by atoms with Crippen molar-refractivity contribution in [2.75, 3.05) is 5.32 Å². The second-order valence-electron chi connectivity index (χ2n) is 5.85. The number of carbonyl (C=O) groups excluding carboxylic acids is 1. The number of aromatic amines is 1. The number of benzene rings is 2. The normalized spacial score (nSPS) is 13.0. The molecule has 7 heteroatoms. The van der Waals surface area contributed by atoms with Crippen LogP contribution in [0.2, 0.25) is 5.02 Å². The molecule has 25 heavy (non-hydrogen) atoms. The average Bonchev–Trinajstić information content (AvgIpc) is 2.96. The molecule has 3 aromatic rings. The van der Waals surface area contributed by atoms with Gasteiger partial charge in [-0.1, -0.05) is 17.7 Å². The highest BCUT2D eigenvalue weighted by molar-refractivity contribution is 6.31. The van der Waals surface area contributed by atoms with Gasteiger partial charge in [-0.3, -0.25) is 9.59 Å². The van der Waals surface area contributed by atoms with Crippen LogP contribution in [-0.2, 0) is 13.1 Å².